The number of anilines is 1. The fourth-order valence-electron chi connectivity index (χ4n) is 3.03. The average molecular weight is 538 g/mol. The molecule has 0 unspecified atom stereocenters. The molecule has 1 aromatic carbocycles. The molecule has 11 nitrogen and oxygen atoms in total. The minimum absolute atomic E-state index is 0.194. The fraction of sp³-hybridized carbons (Fsp3) is 0.300. The van der Waals surface area contributed by atoms with Crippen LogP contribution in [0.15, 0.2) is 57.2 Å². The number of nitro benzene ring substituents is 1. The van der Waals surface area contributed by atoms with Crippen LogP contribution in [-0.4, -0.2) is 79.8 Å². The second-order valence-corrected chi connectivity index (χ2v) is 10.4. The molecule has 0 atom stereocenters. The monoisotopic (exact) mass is 537 g/mol. The summed E-state index contributed by atoms with van der Waals surface area (Å²) in [4.78, 5) is 14.2. The lowest BCUT2D eigenvalue weighted by Crippen LogP contribution is -2.31. The number of hydrogen-bond acceptors (Lipinski definition) is 8. The Hall–Kier alpha value is -3.03. The molecule has 2 heterocycles. The molecule has 13 heteroatoms. The van der Waals surface area contributed by atoms with Gasteiger partial charge in [0.05, 0.1) is 28.5 Å². The SMILES string of the molecule is CN(C)CCN(C)c1ccc([N+](=O)[O-])cc1S(=O)(=O)N(C)/N=C/c1cnn2ccc(Br)cc12. The van der Waals surface area contributed by atoms with Crippen molar-refractivity contribution in [3.05, 3.63) is 62.9 Å². The Bertz CT molecular complexity index is 1310. The molecule has 0 N–H and O–H groups in total. The number of fused-ring (bicyclic) bond motifs is 1. The van der Waals surface area contributed by atoms with Crippen molar-refractivity contribution >= 4 is 49.1 Å². The van der Waals surface area contributed by atoms with E-state index in [1.165, 1.54) is 25.4 Å². The van der Waals surface area contributed by atoms with Gasteiger partial charge in [-0.25, -0.2) is 4.52 Å². The molecule has 176 valence electrons. The molecule has 33 heavy (non-hydrogen) atoms. The highest BCUT2D eigenvalue weighted by molar-refractivity contribution is 9.10. The highest BCUT2D eigenvalue weighted by Crippen LogP contribution is 2.31. The molecular weight excluding hydrogens is 514 g/mol. The van der Waals surface area contributed by atoms with Gasteiger partial charge in [0.25, 0.3) is 15.7 Å². The summed E-state index contributed by atoms with van der Waals surface area (Å²) in [5.41, 5.74) is 1.38. The number of non-ortho nitro benzene ring substituents is 1. The third kappa shape index (κ3) is 5.49. The number of benzene rings is 1. The predicted molar refractivity (Wildman–Crippen MR) is 130 cm³/mol. The smallest absolute Gasteiger partial charge is 0.281 e. The Balaban J connectivity index is 1.98. The van der Waals surface area contributed by atoms with Gasteiger partial charge < -0.3 is 9.80 Å². The third-order valence-electron chi connectivity index (χ3n) is 4.95. The van der Waals surface area contributed by atoms with Crippen LogP contribution in [0, 0.1) is 10.1 Å². The number of halogens is 1. The van der Waals surface area contributed by atoms with E-state index < -0.39 is 14.9 Å². The molecule has 3 aromatic rings. The number of pyridine rings is 1. The largest absolute Gasteiger partial charge is 0.372 e. The third-order valence-corrected chi connectivity index (χ3v) is 7.11. The van der Waals surface area contributed by atoms with Gasteiger partial charge >= 0.3 is 0 Å². The Labute approximate surface area is 200 Å². The van der Waals surface area contributed by atoms with Crippen LogP contribution < -0.4 is 4.90 Å². The second kappa shape index (κ2) is 9.85. The Morgan fingerprint density at radius 1 is 1.18 bits per heavy atom. The average Bonchev–Trinajstić information content (AvgIpc) is 3.17. The minimum atomic E-state index is -4.18. The first kappa shape index (κ1) is 24.6. The van der Waals surface area contributed by atoms with Crippen molar-refractivity contribution < 1.29 is 13.3 Å². The molecule has 3 rings (SSSR count). The van der Waals surface area contributed by atoms with Gasteiger partial charge in [-0.3, -0.25) is 10.1 Å². The number of hydrogen-bond donors (Lipinski definition) is 0. The maximum atomic E-state index is 13.4. The van der Waals surface area contributed by atoms with E-state index in [2.05, 4.69) is 26.1 Å². The molecule has 0 fully saturated rings. The molecule has 0 bridgehead atoms. The van der Waals surface area contributed by atoms with Gasteiger partial charge in [-0.05, 0) is 32.3 Å². The van der Waals surface area contributed by atoms with Crippen LogP contribution in [0.3, 0.4) is 0 Å². The van der Waals surface area contributed by atoms with E-state index >= 15 is 0 Å². The van der Waals surface area contributed by atoms with Crippen LogP contribution in [0.4, 0.5) is 11.4 Å². The standard InChI is InChI=1S/C20H24BrN7O4S/c1-24(2)9-10-25(3)18-6-5-17(28(29)30)12-20(18)33(31,32)26(4)22-13-15-14-23-27-8-7-16(21)11-19(15)27/h5-8,11-14H,9-10H2,1-4H3/b22-13+. The summed E-state index contributed by atoms with van der Waals surface area (Å²) in [5, 5.41) is 19.6. The summed E-state index contributed by atoms with van der Waals surface area (Å²) in [5.74, 6) is 0. The van der Waals surface area contributed by atoms with Crippen LogP contribution in [0.5, 0.6) is 0 Å². The van der Waals surface area contributed by atoms with Crippen LogP contribution in [0.1, 0.15) is 5.56 Å². The minimum Gasteiger partial charge on any atom is -0.372 e. The number of likely N-dealkylation sites (N-methyl/N-ethyl adjacent to an activating group) is 2. The van der Waals surface area contributed by atoms with Crippen molar-refractivity contribution in [1.29, 1.82) is 0 Å². The molecular formula is C20H24BrN7O4S. The van der Waals surface area contributed by atoms with Gasteiger partial charge in [0.1, 0.15) is 4.90 Å². The van der Waals surface area contributed by atoms with Crippen molar-refractivity contribution in [3.8, 4) is 0 Å². The topological polar surface area (TPSA) is 117 Å². The number of sulfonamides is 1. The fourth-order valence-corrected chi connectivity index (χ4v) is 4.58. The van der Waals surface area contributed by atoms with Crippen molar-refractivity contribution in [1.82, 2.24) is 18.9 Å². The van der Waals surface area contributed by atoms with Crippen LogP contribution in [-0.2, 0) is 10.0 Å². The lowest BCUT2D eigenvalue weighted by atomic mass is 10.2. The summed E-state index contributed by atoms with van der Waals surface area (Å²) in [6.45, 7) is 1.20. The first-order chi connectivity index (χ1) is 15.5. The van der Waals surface area contributed by atoms with E-state index in [-0.39, 0.29) is 10.6 Å². The highest BCUT2D eigenvalue weighted by atomic mass is 79.9. The zero-order valence-corrected chi connectivity index (χ0v) is 21.0. The zero-order chi connectivity index (χ0) is 24.3. The van der Waals surface area contributed by atoms with Crippen LogP contribution in [0.2, 0.25) is 0 Å². The van der Waals surface area contributed by atoms with Gasteiger partial charge in [-0.2, -0.15) is 23.0 Å². The Kier molecular flexibility index (Phi) is 7.34. The van der Waals surface area contributed by atoms with Gasteiger partial charge in [0, 0.05) is 55.6 Å². The Morgan fingerprint density at radius 2 is 1.91 bits per heavy atom. The number of rotatable bonds is 9. The van der Waals surface area contributed by atoms with E-state index in [1.807, 2.05) is 31.1 Å². The van der Waals surface area contributed by atoms with Gasteiger partial charge in [0.2, 0.25) is 0 Å². The molecule has 0 amide bonds. The lowest BCUT2D eigenvalue weighted by Gasteiger charge is -2.25. The van der Waals surface area contributed by atoms with Crippen LogP contribution in [0.25, 0.3) is 5.52 Å². The van der Waals surface area contributed by atoms with E-state index in [0.29, 0.717) is 24.3 Å². The van der Waals surface area contributed by atoms with Gasteiger partial charge in [-0.1, -0.05) is 15.9 Å². The number of hydrazone groups is 1. The highest BCUT2D eigenvalue weighted by Gasteiger charge is 2.27. The van der Waals surface area contributed by atoms with E-state index in [1.54, 1.807) is 28.9 Å². The zero-order valence-electron chi connectivity index (χ0n) is 18.6. The summed E-state index contributed by atoms with van der Waals surface area (Å²) < 4.78 is 30.0. The van der Waals surface area contributed by atoms with E-state index in [0.717, 1.165) is 20.5 Å². The van der Waals surface area contributed by atoms with E-state index in [4.69, 9.17) is 0 Å². The first-order valence-electron chi connectivity index (χ1n) is 9.81. The first-order valence-corrected chi connectivity index (χ1v) is 12.0. The van der Waals surface area contributed by atoms with Crippen molar-refractivity contribution in [3.63, 3.8) is 0 Å². The predicted octanol–water partition coefficient (Wildman–Crippen LogP) is 2.66. The van der Waals surface area contributed by atoms with E-state index in [9.17, 15) is 18.5 Å². The molecule has 0 saturated carbocycles. The molecule has 0 spiro atoms. The molecule has 0 aliphatic rings. The summed E-state index contributed by atoms with van der Waals surface area (Å²) in [7, 11) is 2.65. The lowest BCUT2D eigenvalue weighted by molar-refractivity contribution is -0.385. The number of nitrogens with zero attached hydrogens (tertiary/aromatic N) is 7. The molecule has 2 aromatic heterocycles. The molecule has 0 saturated heterocycles. The Morgan fingerprint density at radius 3 is 2.58 bits per heavy atom. The van der Waals surface area contributed by atoms with Gasteiger partial charge in [0.15, 0.2) is 0 Å². The van der Waals surface area contributed by atoms with Crippen molar-refractivity contribution in [2.24, 2.45) is 5.10 Å². The number of nitro groups is 1. The second-order valence-electron chi connectivity index (χ2n) is 7.59. The maximum absolute atomic E-state index is 13.4. The molecule has 0 aliphatic heterocycles. The maximum Gasteiger partial charge on any atom is 0.281 e. The molecule has 0 radical (unpaired) electrons. The quantitative estimate of drug-likeness (QED) is 0.234. The van der Waals surface area contributed by atoms with Crippen molar-refractivity contribution in [2.45, 2.75) is 4.90 Å². The van der Waals surface area contributed by atoms with Crippen molar-refractivity contribution in [2.75, 3.05) is 46.2 Å². The number of aromatic nitrogens is 2. The van der Waals surface area contributed by atoms with Crippen LogP contribution >= 0.6 is 15.9 Å². The summed E-state index contributed by atoms with van der Waals surface area (Å²) in [6, 6.07) is 7.46. The normalized spacial score (nSPS) is 12.1. The summed E-state index contributed by atoms with van der Waals surface area (Å²) in [6.07, 6.45) is 4.72. The summed E-state index contributed by atoms with van der Waals surface area (Å²) >= 11 is 3.40. The van der Waals surface area contributed by atoms with Gasteiger partial charge in [-0.15, -0.1) is 0 Å². The molecule has 0 aliphatic carbocycles.